The maximum Gasteiger partial charge on any atom is 0.164 e. The maximum atomic E-state index is 5.88. The van der Waals surface area contributed by atoms with Crippen LogP contribution in [0.4, 0.5) is 0 Å². The molecule has 1 atom stereocenters. The van der Waals surface area contributed by atoms with Gasteiger partial charge < -0.3 is 10.5 Å². The van der Waals surface area contributed by atoms with Crippen LogP contribution in [0.25, 0.3) is 0 Å². The molecule has 0 aliphatic heterocycles. The van der Waals surface area contributed by atoms with Gasteiger partial charge in [-0.05, 0) is 44.0 Å². The van der Waals surface area contributed by atoms with Crippen LogP contribution in [0.1, 0.15) is 25.2 Å². The van der Waals surface area contributed by atoms with Gasteiger partial charge in [-0.1, -0.05) is 15.9 Å². The van der Waals surface area contributed by atoms with E-state index in [1.807, 2.05) is 36.7 Å². The van der Waals surface area contributed by atoms with E-state index in [-0.39, 0.29) is 6.04 Å². The lowest BCUT2D eigenvalue weighted by Gasteiger charge is -2.13. The van der Waals surface area contributed by atoms with Gasteiger partial charge in [-0.25, -0.2) is 9.67 Å². The summed E-state index contributed by atoms with van der Waals surface area (Å²) in [5.74, 6) is 1.67. The van der Waals surface area contributed by atoms with Crippen LogP contribution in [-0.4, -0.2) is 20.8 Å². The second-order valence-corrected chi connectivity index (χ2v) is 5.63. The Morgan fingerprint density at radius 1 is 1.45 bits per heavy atom. The summed E-state index contributed by atoms with van der Waals surface area (Å²) in [4.78, 5) is 4.20. The molecule has 0 aliphatic rings. The minimum Gasteiger partial charge on any atom is -0.485 e. The van der Waals surface area contributed by atoms with Crippen molar-refractivity contribution in [1.29, 1.82) is 0 Å². The molecule has 108 valence electrons. The summed E-state index contributed by atoms with van der Waals surface area (Å²) in [6.45, 7) is 5.20. The van der Waals surface area contributed by atoms with E-state index in [9.17, 15) is 0 Å². The van der Waals surface area contributed by atoms with Crippen LogP contribution >= 0.6 is 15.9 Å². The monoisotopic (exact) mass is 338 g/mol. The number of nitrogens with zero attached hydrogens (tertiary/aromatic N) is 3. The predicted octanol–water partition coefficient (Wildman–Crippen LogP) is 2.53. The van der Waals surface area contributed by atoms with E-state index < -0.39 is 0 Å². The maximum absolute atomic E-state index is 5.88. The number of halogens is 1. The van der Waals surface area contributed by atoms with Gasteiger partial charge >= 0.3 is 0 Å². The zero-order chi connectivity index (χ0) is 14.5. The highest BCUT2D eigenvalue weighted by Crippen LogP contribution is 2.25. The molecule has 1 unspecified atom stereocenters. The van der Waals surface area contributed by atoms with Crippen LogP contribution in [0, 0.1) is 0 Å². The first-order valence-electron chi connectivity index (χ1n) is 6.63. The number of hydrogen-bond acceptors (Lipinski definition) is 4. The van der Waals surface area contributed by atoms with Crippen molar-refractivity contribution >= 4 is 15.9 Å². The van der Waals surface area contributed by atoms with Gasteiger partial charge in [0.05, 0.1) is 0 Å². The van der Waals surface area contributed by atoms with Crippen molar-refractivity contribution in [3.05, 3.63) is 40.4 Å². The second-order valence-electron chi connectivity index (χ2n) is 4.71. The molecule has 1 aromatic carbocycles. The molecule has 2 N–H and O–H groups in total. The Morgan fingerprint density at radius 2 is 2.25 bits per heavy atom. The van der Waals surface area contributed by atoms with Crippen molar-refractivity contribution in [3.63, 3.8) is 0 Å². The third-order valence-corrected chi connectivity index (χ3v) is 3.41. The number of rotatable bonds is 6. The van der Waals surface area contributed by atoms with Crippen LogP contribution in [0.2, 0.25) is 0 Å². The van der Waals surface area contributed by atoms with Crippen molar-refractivity contribution in [3.8, 4) is 5.75 Å². The molecule has 20 heavy (non-hydrogen) atoms. The molecule has 0 fully saturated rings. The van der Waals surface area contributed by atoms with E-state index in [4.69, 9.17) is 10.5 Å². The molecule has 0 saturated heterocycles. The van der Waals surface area contributed by atoms with Crippen molar-refractivity contribution in [2.45, 2.75) is 39.5 Å². The molecule has 0 bridgehead atoms. The fourth-order valence-corrected chi connectivity index (χ4v) is 2.41. The molecule has 6 heteroatoms. The van der Waals surface area contributed by atoms with Gasteiger partial charge in [0, 0.05) is 17.1 Å². The van der Waals surface area contributed by atoms with Gasteiger partial charge in [0.25, 0.3) is 0 Å². The summed E-state index contributed by atoms with van der Waals surface area (Å²) in [5.41, 5.74) is 6.98. The first kappa shape index (κ1) is 15.0. The van der Waals surface area contributed by atoms with Crippen LogP contribution in [0.5, 0.6) is 5.75 Å². The lowest BCUT2D eigenvalue weighted by molar-refractivity contribution is 0.284. The average Bonchev–Trinajstić information content (AvgIpc) is 2.84. The Kier molecular flexibility index (Phi) is 5.14. The van der Waals surface area contributed by atoms with Gasteiger partial charge in [-0.15, -0.1) is 0 Å². The van der Waals surface area contributed by atoms with Crippen molar-refractivity contribution < 1.29 is 4.74 Å². The fraction of sp³-hybridized carbons (Fsp3) is 0.429. The topological polar surface area (TPSA) is 66.0 Å². The number of benzene rings is 1. The Bertz CT molecular complexity index is 568. The second kappa shape index (κ2) is 6.85. The van der Waals surface area contributed by atoms with E-state index in [0.29, 0.717) is 6.61 Å². The number of hydrogen-bond donors (Lipinski definition) is 1. The summed E-state index contributed by atoms with van der Waals surface area (Å²) in [7, 11) is 0. The summed E-state index contributed by atoms with van der Waals surface area (Å²) in [5, 5.41) is 4.13. The average molecular weight is 339 g/mol. The number of aromatic nitrogens is 3. The Balaban J connectivity index is 2.12. The highest BCUT2D eigenvalue weighted by Gasteiger charge is 2.09. The summed E-state index contributed by atoms with van der Waals surface area (Å²) < 4.78 is 8.73. The normalized spacial score (nSPS) is 12.4. The number of nitrogens with two attached hydrogens (primary N) is 1. The molecule has 1 heterocycles. The van der Waals surface area contributed by atoms with Gasteiger partial charge in [-0.2, -0.15) is 5.10 Å². The molecule has 0 amide bonds. The Morgan fingerprint density at radius 3 is 2.95 bits per heavy atom. The van der Waals surface area contributed by atoms with Gasteiger partial charge in [0.2, 0.25) is 0 Å². The zero-order valence-electron chi connectivity index (χ0n) is 11.7. The quantitative estimate of drug-likeness (QED) is 0.878. The SMILES string of the molecule is CCn1ncnc1COc1ccc(Br)cc1CC(C)N. The summed E-state index contributed by atoms with van der Waals surface area (Å²) >= 11 is 3.48. The highest BCUT2D eigenvalue weighted by atomic mass is 79.9. The van der Waals surface area contributed by atoms with E-state index in [2.05, 4.69) is 26.0 Å². The standard InChI is InChI=1S/C14H19BrN4O/c1-3-19-14(17-9-18-19)8-20-13-5-4-12(15)7-11(13)6-10(2)16/h4-5,7,9-10H,3,6,8,16H2,1-2H3. The first-order valence-corrected chi connectivity index (χ1v) is 7.43. The Labute approximate surface area is 127 Å². The predicted molar refractivity (Wildman–Crippen MR) is 81.5 cm³/mol. The largest absolute Gasteiger partial charge is 0.485 e. The molecule has 0 saturated carbocycles. The molecule has 0 aliphatic carbocycles. The fourth-order valence-electron chi connectivity index (χ4n) is 2.00. The lowest BCUT2D eigenvalue weighted by Crippen LogP contribution is -2.18. The van der Waals surface area contributed by atoms with Crippen molar-refractivity contribution in [1.82, 2.24) is 14.8 Å². The summed E-state index contributed by atoms with van der Waals surface area (Å²) in [6, 6.07) is 6.05. The molecule has 1 aromatic heterocycles. The zero-order valence-corrected chi connectivity index (χ0v) is 13.3. The smallest absolute Gasteiger partial charge is 0.164 e. The van der Waals surface area contributed by atoms with Gasteiger partial charge in [0.15, 0.2) is 5.82 Å². The van der Waals surface area contributed by atoms with Crippen LogP contribution in [0.3, 0.4) is 0 Å². The number of ether oxygens (including phenoxy) is 1. The molecular formula is C14H19BrN4O. The van der Waals surface area contributed by atoms with Crippen molar-refractivity contribution in [2.24, 2.45) is 5.73 Å². The van der Waals surface area contributed by atoms with Crippen LogP contribution in [-0.2, 0) is 19.6 Å². The highest BCUT2D eigenvalue weighted by molar-refractivity contribution is 9.10. The van der Waals surface area contributed by atoms with E-state index in [1.54, 1.807) is 6.33 Å². The third-order valence-electron chi connectivity index (χ3n) is 2.92. The molecule has 5 nitrogen and oxygen atoms in total. The lowest BCUT2D eigenvalue weighted by atomic mass is 10.1. The van der Waals surface area contributed by atoms with Gasteiger partial charge in [0.1, 0.15) is 18.7 Å². The molecular weight excluding hydrogens is 320 g/mol. The summed E-state index contributed by atoms with van der Waals surface area (Å²) in [6.07, 6.45) is 2.32. The molecule has 2 rings (SSSR count). The minimum absolute atomic E-state index is 0.0888. The molecule has 2 aromatic rings. The number of aryl methyl sites for hydroxylation is 1. The van der Waals surface area contributed by atoms with E-state index in [1.165, 1.54) is 0 Å². The molecule has 0 spiro atoms. The third kappa shape index (κ3) is 3.80. The Hall–Kier alpha value is -1.40. The molecule has 0 radical (unpaired) electrons. The van der Waals surface area contributed by atoms with Crippen LogP contribution < -0.4 is 10.5 Å². The minimum atomic E-state index is 0.0888. The van der Waals surface area contributed by atoms with Gasteiger partial charge in [-0.3, -0.25) is 0 Å². The van der Waals surface area contributed by atoms with Crippen molar-refractivity contribution in [2.75, 3.05) is 0 Å². The first-order chi connectivity index (χ1) is 9.60. The van der Waals surface area contributed by atoms with E-state index >= 15 is 0 Å². The van der Waals surface area contributed by atoms with E-state index in [0.717, 1.165) is 34.6 Å². The van der Waals surface area contributed by atoms with Crippen LogP contribution in [0.15, 0.2) is 29.0 Å².